The Bertz CT molecular complexity index is 1780. The largest absolute Gasteiger partial charge is 0.300 e. The summed E-state index contributed by atoms with van der Waals surface area (Å²) < 4.78 is 4.05. The van der Waals surface area contributed by atoms with Crippen LogP contribution in [-0.4, -0.2) is 34.0 Å². The summed E-state index contributed by atoms with van der Waals surface area (Å²) in [5.74, 6) is 0. The Morgan fingerprint density at radius 2 is 1.33 bits per heavy atom. The van der Waals surface area contributed by atoms with Crippen LogP contribution in [0.5, 0.6) is 0 Å². The first kappa shape index (κ1) is 21.4. The van der Waals surface area contributed by atoms with Gasteiger partial charge in [-0.05, 0) is 60.7 Å². The molecule has 2 aliphatic heterocycles. The number of fused-ring (bicyclic) bond motifs is 3. The first-order chi connectivity index (χ1) is 17.7. The molecule has 36 heavy (non-hydrogen) atoms. The molecule has 0 unspecified atom stereocenters. The van der Waals surface area contributed by atoms with E-state index in [4.69, 9.17) is 0 Å². The Balaban J connectivity index is 1.34. The van der Waals surface area contributed by atoms with Gasteiger partial charge in [0.05, 0.1) is 41.6 Å². The second kappa shape index (κ2) is 8.88. The molecule has 0 atom stereocenters. The summed E-state index contributed by atoms with van der Waals surface area (Å²) in [6.45, 7) is 7.88. The molecular weight excluding hydrogens is 446 g/mol. The number of hydrogen-bond donors (Lipinski definition) is 0. The van der Waals surface area contributed by atoms with E-state index >= 15 is 0 Å². The zero-order chi connectivity index (χ0) is 24.5. The highest BCUT2D eigenvalue weighted by Crippen LogP contribution is 2.26. The lowest BCUT2D eigenvalue weighted by Gasteiger charge is -1.98. The minimum Gasteiger partial charge on any atom is -0.300 e. The van der Waals surface area contributed by atoms with E-state index in [1.54, 1.807) is 31.2 Å². The van der Waals surface area contributed by atoms with Gasteiger partial charge in [-0.1, -0.05) is 25.3 Å². The van der Waals surface area contributed by atoms with Crippen LogP contribution in [0.25, 0.3) is 58.7 Å². The lowest BCUT2D eigenvalue weighted by atomic mass is 10.1. The van der Waals surface area contributed by atoms with E-state index in [-0.39, 0.29) is 0 Å². The van der Waals surface area contributed by atoms with E-state index in [9.17, 15) is 0 Å². The molecule has 4 aromatic heterocycles. The van der Waals surface area contributed by atoms with Gasteiger partial charge in [0.2, 0.25) is 0 Å². The highest BCUT2D eigenvalue weighted by atomic mass is 15.1. The van der Waals surface area contributed by atoms with Crippen LogP contribution in [0.15, 0.2) is 80.8 Å². The molecule has 4 aromatic rings. The summed E-state index contributed by atoms with van der Waals surface area (Å²) >= 11 is 0. The van der Waals surface area contributed by atoms with Crippen LogP contribution >= 0.6 is 0 Å². The molecule has 7 heteroatoms. The van der Waals surface area contributed by atoms with Gasteiger partial charge in [0.15, 0.2) is 0 Å². The highest BCUT2D eigenvalue weighted by molar-refractivity contribution is 5.82. The van der Waals surface area contributed by atoms with Gasteiger partial charge in [0.1, 0.15) is 5.69 Å². The Hall–Kier alpha value is -5.17. The van der Waals surface area contributed by atoms with Crippen molar-refractivity contribution >= 4 is 47.5 Å². The maximum Gasteiger partial charge on any atom is 0.113 e. The first-order valence-electron chi connectivity index (χ1n) is 11.4. The van der Waals surface area contributed by atoms with E-state index in [1.807, 2.05) is 69.5 Å². The van der Waals surface area contributed by atoms with Crippen LogP contribution < -0.4 is 0 Å². The topological polar surface area (TPSA) is 73.3 Å². The van der Waals surface area contributed by atoms with Crippen molar-refractivity contribution in [2.24, 2.45) is 0 Å². The number of aromatic nitrogens is 7. The summed E-state index contributed by atoms with van der Waals surface area (Å²) in [5.41, 5.74) is 9.36. The van der Waals surface area contributed by atoms with E-state index in [0.717, 1.165) is 56.2 Å². The molecule has 2 aliphatic rings. The normalized spacial score (nSPS) is 11.9. The van der Waals surface area contributed by atoms with E-state index in [0.29, 0.717) is 0 Å². The molecule has 0 spiro atoms. The van der Waals surface area contributed by atoms with Crippen molar-refractivity contribution in [3.05, 3.63) is 115 Å². The molecule has 6 heterocycles. The Morgan fingerprint density at radius 3 is 1.97 bits per heavy atom. The number of nitrogens with zero attached hydrogens (tertiary/aromatic N) is 7. The number of hydrogen-bond acceptors (Lipinski definition) is 5. The average molecular weight is 468 g/mol. The zero-order valence-electron chi connectivity index (χ0n) is 19.4. The van der Waals surface area contributed by atoms with Crippen molar-refractivity contribution in [2.45, 2.75) is 0 Å². The van der Waals surface area contributed by atoms with Crippen molar-refractivity contribution < 1.29 is 0 Å². The van der Waals surface area contributed by atoms with Crippen LogP contribution in [0.1, 0.15) is 33.9 Å². The standard InChI is InChI=1S/C29H21N7/c1-3-20-15-23-11-13-30-18-35(23)28(20)9-6-22-5-7-25-26(33-34-27(25)17-32-22)8-10-29-21(4-2)16-24-12-14-31-19-36(24)29/h3-19H,1-2H2/b9-6+,10-8+. The van der Waals surface area contributed by atoms with Gasteiger partial charge in [0.25, 0.3) is 0 Å². The summed E-state index contributed by atoms with van der Waals surface area (Å²) in [6, 6.07) is 12.1. The number of rotatable bonds is 6. The molecule has 0 N–H and O–H groups in total. The predicted molar refractivity (Wildman–Crippen MR) is 145 cm³/mol. The average Bonchev–Trinajstić information content (AvgIpc) is 3.55. The molecule has 0 aromatic carbocycles. The van der Waals surface area contributed by atoms with Crippen molar-refractivity contribution in [1.82, 2.24) is 34.0 Å². The molecule has 0 bridgehead atoms. The van der Waals surface area contributed by atoms with Crippen LogP contribution in [0, 0.1) is 0 Å². The molecule has 0 aliphatic carbocycles. The van der Waals surface area contributed by atoms with Gasteiger partial charge in [0, 0.05) is 40.1 Å². The first-order valence-corrected chi connectivity index (χ1v) is 11.4. The van der Waals surface area contributed by atoms with Crippen LogP contribution in [0.3, 0.4) is 0 Å². The van der Waals surface area contributed by atoms with Gasteiger partial charge in [-0.15, -0.1) is 10.2 Å². The van der Waals surface area contributed by atoms with Crippen molar-refractivity contribution in [3.8, 4) is 11.3 Å². The van der Waals surface area contributed by atoms with E-state index in [2.05, 4.69) is 50.4 Å². The molecule has 172 valence electrons. The van der Waals surface area contributed by atoms with Crippen molar-refractivity contribution in [2.75, 3.05) is 0 Å². The lowest BCUT2D eigenvalue weighted by Crippen LogP contribution is -1.88. The molecule has 0 saturated carbocycles. The third kappa shape index (κ3) is 3.69. The Morgan fingerprint density at radius 1 is 0.694 bits per heavy atom. The minimum atomic E-state index is 0.726. The summed E-state index contributed by atoms with van der Waals surface area (Å²) in [5, 5.41) is 8.69. The molecular formula is C29H21N7. The van der Waals surface area contributed by atoms with Crippen molar-refractivity contribution in [1.29, 1.82) is 0 Å². The molecule has 0 saturated heterocycles. The quantitative estimate of drug-likeness (QED) is 0.305. The minimum absolute atomic E-state index is 0.726. The Kier molecular flexibility index (Phi) is 5.27. The van der Waals surface area contributed by atoms with Gasteiger partial charge in [-0.3, -0.25) is 4.98 Å². The summed E-state index contributed by atoms with van der Waals surface area (Å²) in [4.78, 5) is 13.1. The zero-order valence-corrected chi connectivity index (χ0v) is 19.4. The molecule has 0 amide bonds. The van der Waals surface area contributed by atoms with Gasteiger partial charge in [-0.2, -0.15) is 0 Å². The molecule has 0 fully saturated rings. The monoisotopic (exact) mass is 467 g/mol. The van der Waals surface area contributed by atoms with E-state index < -0.39 is 0 Å². The fourth-order valence-electron chi connectivity index (χ4n) is 4.31. The summed E-state index contributed by atoms with van der Waals surface area (Å²) in [6.07, 6.45) is 20.5. The van der Waals surface area contributed by atoms with Crippen LogP contribution in [-0.2, 0) is 0 Å². The van der Waals surface area contributed by atoms with E-state index in [1.165, 1.54) is 0 Å². The lowest BCUT2D eigenvalue weighted by molar-refractivity contribution is 1.08. The van der Waals surface area contributed by atoms with Crippen LogP contribution in [0.4, 0.5) is 0 Å². The maximum atomic E-state index is 4.61. The molecule has 7 nitrogen and oxygen atoms in total. The second-order valence-corrected chi connectivity index (χ2v) is 8.20. The van der Waals surface area contributed by atoms with Gasteiger partial charge >= 0.3 is 0 Å². The Labute approximate surface area is 207 Å². The predicted octanol–water partition coefficient (Wildman–Crippen LogP) is 5.90. The third-order valence-electron chi connectivity index (χ3n) is 6.13. The molecule has 6 rings (SSSR count). The highest BCUT2D eigenvalue weighted by Gasteiger charge is 2.12. The maximum absolute atomic E-state index is 4.61. The smallest absolute Gasteiger partial charge is 0.113 e. The molecule has 0 radical (unpaired) electrons. The second-order valence-electron chi connectivity index (χ2n) is 8.20. The third-order valence-corrected chi connectivity index (χ3v) is 6.13. The fraction of sp³-hybridized carbons (Fsp3) is 0. The van der Waals surface area contributed by atoms with Gasteiger partial charge < -0.3 is 8.80 Å². The van der Waals surface area contributed by atoms with Crippen LogP contribution in [0.2, 0.25) is 0 Å². The fourth-order valence-corrected chi connectivity index (χ4v) is 4.31. The van der Waals surface area contributed by atoms with Crippen molar-refractivity contribution in [3.63, 3.8) is 0 Å². The SMILES string of the molecule is C=Cc1cc2ccncn2c1/C=C/c1ccc2c(/C=C/c3c(C=C)cc4ccncn34)nnc-2cn1. The summed E-state index contributed by atoms with van der Waals surface area (Å²) in [7, 11) is 0. The van der Waals surface area contributed by atoms with Gasteiger partial charge in [-0.25, -0.2) is 9.97 Å².